The summed E-state index contributed by atoms with van der Waals surface area (Å²) < 4.78 is 48.4. The summed E-state index contributed by atoms with van der Waals surface area (Å²) >= 11 is 0. The van der Waals surface area contributed by atoms with E-state index in [1.807, 2.05) is 0 Å². The quantitative estimate of drug-likeness (QED) is 0.766. The maximum absolute atomic E-state index is 12.4. The van der Waals surface area contributed by atoms with Crippen molar-refractivity contribution in [2.24, 2.45) is 0 Å². The van der Waals surface area contributed by atoms with Crippen molar-refractivity contribution >= 4 is 31.7 Å². The minimum absolute atomic E-state index is 0.0277. The fourth-order valence-electron chi connectivity index (χ4n) is 3.00. The Kier molecular flexibility index (Phi) is 3.72. The van der Waals surface area contributed by atoms with Gasteiger partial charge in [-0.05, 0) is 25.5 Å². The van der Waals surface area contributed by atoms with Crippen molar-refractivity contribution in [3.63, 3.8) is 0 Å². The van der Waals surface area contributed by atoms with Crippen LogP contribution in [0.25, 0.3) is 0 Å². The standard InChI is InChI=1S/C14H16N2O6S2/c1-14(6-7-23(19,20)9-14)15-12(17)8-16-13(18)10-4-2-3-5-11(10)24(16,21)22/h2-5H,6-9H2,1H3,(H,15,17)/t14-/m1/s1. The summed E-state index contributed by atoms with van der Waals surface area (Å²) in [5.74, 6) is -1.70. The largest absolute Gasteiger partial charge is 0.348 e. The first kappa shape index (κ1) is 16.9. The highest BCUT2D eigenvalue weighted by molar-refractivity contribution is 7.91. The first-order chi connectivity index (χ1) is 11.0. The fraction of sp³-hybridized carbons (Fsp3) is 0.429. The molecule has 1 aromatic rings. The molecule has 2 aliphatic rings. The van der Waals surface area contributed by atoms with Crippen molar-refractivity contribution in [3.8, 4) is 0 Å². The van der Waals surface area contributed by atoms with Crippen molar-refractivity contribution < 1.29 is 26.4 Å². The van der Waals surface area contributed by atoms with Crippen LogP contribution in [-0.2, 0) is 24.7 Å². The van der Waals surface area contributed by atoms with Crippen LogP contribution in [0.2, 0.25) is 0 Å². The molecule has 0 spiro atoms. The van der Waals surface area contributed by atoms with Crippen molar-refractivity contribution in [1.82, 2.24) is 9.62 Å². The highest BCUT2D eigenvalue weighted by Crippen LogP contribution is 2.30. The number of nitrogens with zero attached hydrogens (tertiary/aromatic N) is 1. The van der Waals surface area contributed by atoms with Gasteiger partial charge in [-0.2, -0.15) is 0 Å². The Morgan fingerprint density at radius 3 is 2.50 bits per heavy atom. The molecule has 2 heterocycles. The number of carbonyl (C=O) groups is 2. The molecule has 8 nitrogen and oxygen atoms in total. The van der Waals surface area contributed by atoms with Gasteiger partial charge in [-0.3, -0.25) is 9.59 Å². The maximum Gasteiger partial charge on any atom is 0.269 e. The summed E-state index contributed by atoms with van der Waals surface area (Å²) in [7, 11) is -7.28. The predicted molar refractivity (Wildman–Crippen MR) is 84.5 cm³/mol. The zero-order chi connectivity index (χ0) is 17.8. The zero-order valence-electron chi connectivity index (χ0n) is 12.9. The van der Waals surface area contributed by atoms with E-state index in [-0.39, 0.29) is 28.4 Å². The first-order valence-electron chi connectivity index (χ1n) is 7.22. The lowest BCUT2D eigenvalue weighted by atomic mass is 10.0. The van der Waals surface area contributed by atoms with E-state index in [9.17, 15) is 26.4 Å². The molecule has 1 atom stereocenters. The zero-order valence-corrected chi connectivity index (χ0v) is 14.5. The lowest BCUT2D eigenvalue weighted by Crippen LogP contribution is -2.51. The molecule has 1 saturated heterocycles. The van der Waals surface area contributed by atoms with Crippen LogP contribution in [0.4, 0.5) is 0 Å². The normalized spacial score (nSPS) is 27.0. The number of amides is 2. The van der Waals surface area contributed by atoms with Crippen molar-refractivity contribution in [2.45, 2.75) is 23.8 Å². The van der Waals surface area contributed by atoms with Gasteiger partial charge in [0, 0.05) is 0 Å². The summed E-state index contributed by atoms with van der Waals surface area (Å²) in [4.78, 5) is 24.3. The summed E-state index contributed by atoms with van der Waals surface area (Å²) in [5.41, 5.74) is -0.921. The average Bonchev–Trinajstić information content (AvgIpc) is 2.85. The van der Waals surface area contributed by atoms with Crippen LogP contribution in [0.15, 0.2) is 29.2 Å². The van der Waals surface area contributed by atoms with Crippen LogP contribution in [-0.4, -0.2) is 56.5 Å². The molecule has 1 fully saturated rings. The van der Waals surface area contributed by atoms with E-state index in [4.69, 9.17) is 0 Å². The Balaban J connectivity index is 1.78. The smallest absolute Gasteiger partial charge is 0.269 e. The van der Waals surface area contributed by atoms with Crippen molar-refractivity contribution in [1.29, 1.82) is 0 Å². The second kappa shape index (κ2) is 5.28. The minimum atomic E-state index is -4.06. The van der Waals surface area contributed by atoms with Gasteiger partial charge in [-0.25, -0.2) is 21.1 Å². The van der Waals surface area contributed by atoms with Crippen LogP contribution >= 0.6 is 0 Å². The number of sulfone groups is 1. The van der Waals surface area contributed by atoms with Gasteiger partial charge in [0.25, 0.3) is 15.9 Å². The number of hydrogen-bond donors (Lipinski definition) is 1. The van der Waals surface area contributed by atoms with E-state index in [1.165, 1.54) is 18.2 Å². The van der Waals surface area contributed by atoms with Gasteiger partial charge < -0.3 is 5.32 Å². The molecular formula is C14H16N2O6S2. The van der Waals surface area contributed by atoms with Gasteiger partial charge in [-0.1, -0.05) is 12.1 Å². The van der Waals surface area contributed by atoms with Crippen LogP contribution in [0, 0.1) is 0 Å². The fourth-order valence-corrected chi connectivity index (χ4v) is 6.62. The Bertz CT molecular complexity index is 938. The van der Waals surface area contributed by atoms with Gasteiger partial charge in [0.2, 0.25) is 5.91 Å². The predicted octanol–water partition coefficient (Wildman–Crippen LogP) is -0.475. The lowest BCUT2D eigenvalue weighted by Gasteiger charge is -2.25. The summed E-state index contributed by atoms with van der Waals surface area (Å²) in [6.07, 6.45) is 0.252. The first-order valence-corrected chi connectivity index (χ1v) is 10.5. The molecule has 24 heavy (non-hydrogen) atoms. The number of benzene rings is 1. The van der Waals surface area contributed by atoms with Crippen LogP contribution < -0.4 is 5.32 Å². The Hall–Kier alpha value is -1.94. The van der Waals surface area contributed by atoms with Gasteiger partial charge in [0.15, 0.2) is 9.84 Å². The van der Waals surface area contributed by atoms with Crippen LogP contribution in [0.1, 0.15) is 23.7 Å². The van der Waals surface area contributed by atoms with Gasteiger partial charge in [-0.15, -0.1) is 0 Å². The molecule has 2 aliphatic heterocycles. The molecule has 130 valence electrons. The Morgan fingerprint density at radius 2 is 1.92 bits per heavy atom. The summed E-state index contributed by atoms with van der Waals surface area (Å²) in [6.45, 7) is 0.913. The molecular weight excluding hydrogens is 356 g/mol. The Morgan fingerprint density at radius 1 is 1.25 bits per heavy atom. The van der Waals surface area contributed by atoms with E-state index in [0.717, 1.165) is 0 Å². The number of fused-ring (bicyclic) bond motifs is 1. The number of nitrogens with one attached hydrogen (secondary N) is 1. The number of carbonyl (C=O) groups excluding carboxylic acids is 2. The summed E-state index contributed by atoms with van der Waals surface area (Å²) in [5, 5.41) is 2.55. The molecule has 0 radical (unpaired) electrons. The SMILES string of the molecule is C[C@@]1(NC(=O)CN2C(=O)c3ccccc3S2(=O)=O)CCS(=O)(=O)C1. The molecule has 10 heteroatoms. The lowest BCUT2D eigenvalue weighted by molar-refractivity contribution is -0.122. The van der Waals surface area contributed by atoms with E-state index >= 15 is 0 Å². The third kappa shape index (κ3) is 2.80. The molecule has 3 rings (SSSR count). The third-order valence-electron chi connectivity index (χ3n) is 4.14. The second-order valence-electron chi connectivity index (χ2n) is 6.26. The molecule has 0 saturated carbocycles. The highest BCUT2D eigenvalue weighted by atomic mass is 32.2. The average molecular weight is 372 g/mol. The van der Waals surface area contributed by atoms with Gasteiger partial charge >= 0.3 is 0 Å². The Labute approximate surface area is 139 Å². The molecule has 0 unspecified atom stereocenters. The molecule has 1 aromatic carbocycles. The van der Waals surface area contributed by atoms with Crippen molar-refractivity contribution in [3.05, 3.63) is 29.8 Å². The van der Waals surface area contributed by atoms with Crippen LogP contribution in [0.5, 0.6) is 0 Å². The van der Waals surface area contributed by atoms with Crippen molar-refractivity contribution in [2.75, 3.05) is 18.1 Å². The number of sulfonamides is 1. The number of hydrogen-bond acceptors (Lipinski definition) is 6. The van der Waals surface area contributed by atoms with Gasteiger partial charge in [0.05, 0.1) is 22.6 Å². The topological polar surface area (TPSA) is 118 Å². The van der Waals surface area contributed by atoms with Gasteiger partial charge in [0.1, 0.15) is 11.4 Å². The molecule has 0 aromatic heterocycles. The second-order valence-corrected chi connectivity index (χ2v) is 10.3. The molecule has 0 bridgehead atoms. The molecule has 1 N–H and O–H groups in total. The van der Waals surface area contributed by atoms with E-state index in [0.29, 0.717) is 4.31 Å². The molecule has 0 aliphatic carbocycles. The summed E-state index contributed by atoms with van der Waals surface area (Å²) in [6, 6.07) is 5.74. The molecule has 2 amide bonds. The van der Waals surface area contributed by atoms with Crippen LogP contribution in [0.3, 0.4) is 0 Å². The third-order valence-corrected chi connectivity index (χ3v) is 7.83. The van der Waals surface area contributed by atoms with E-state index in [1.54, 1.807) is 13.0 Å². The highest BCUT2D eigenvalue weighted by Gasteiger charge is 2.44. The minimum Gasteiger partial charge on any atom is -0.348 e. The maximum atomic E-state index is 12.4. The monoisotopic (exact) mass is 372 g/mol. The van der Waals surface area contributed by atoms with E-state index < -0.39 is 43.8 Å². The van der Waals surface area contributed by atoms with E-state index in [2.05, 4.69) is 5.32 Å². The number of rotatable bonds is 3.